The normalized spacial score (nSPS) is 17.5. The molecule has 0 atom stereocenters. The molecule has 0 radical (unpaired) electrons. The van der Waals surface area contributed by atoms with Gasteiger partial charge in [0, 0.05) is 43.2 Å². The molecule has 0 amide bonds. The molecule has 4 rings (SSSR count). The maximum Gasteiger partial charge on any atom is 0.325 e. The maximum atomic E-state index is 11.5. The number of piperazine rings is 1. The number of rotatable bonds is 7. The predicted octanol–water partition coefficient (Wildman–Crippen LogP) is 3.46. The van der Waals surface area contributed by atoms with E-state index in [0.717, 1.165) is 45.0 Å². The second-order valence-electron chi connectivity index (χ2n) is 8.26. The van der Waals surface area contributed by atoms with Gasteiger partial charge in [-0.1, -0.05) is 18.2 Å². The second-order valence-corrected chi connectivity index (χ2v) is 8.26. The first-order valence-electron chi connectivity index (χ1n) is 11.5. The lowest BCUT2D eigenvalue weighted by molar-refractivity contribution is -0.140. The van der Waals surface area contributed by atoms with E-state index < -0.39 is 0 Å². The van der Waals surface area contributed by atoms with Crippen LogP contribution in [0.25, 0.3) is 0 Å². The number of benzene rings is 2. The van der Waals surface area contributed by atoms with Gasteiger partial charge in [-0.15, -0.1) is 0 Å². The number of nitrogens with zero attached hydrogens (tertiary/aromatic N) is 2. The molecule has 31 heavy (non-hydrogen) atoms. The van der Waals surface area contributed by atoms with Crippen LogP contribution in [0.2, 0.25) is 0 Å². The number of hydrogen-bond acceptors (Lipinski definition) is 6. The number of hydrogen-bond donors (Lipinski definition) is 2. The van der Waals surface area contributed by atoms with Gasteiger partial charge in [0.2, 0.25) is 0 Å². The van der Waals surface area contributed by atoms with Crippen molar-refractivity contribution in [1.82, 2.24) is 5.32 Å². The Hall–Kier alpha value is -2.73. The Bertz CT molecular complexity index is 841. The molecule has 0 bridgehead atoms. The molecule has 0 aromatic heterocycles. The first kappa shape index (κ1) is 21.5. The van der Waals surface area contributed by atoms with Crippen molar-refractivity contribution in [3.8, 4) is 0 Å². The Morgan fingerprint density at radius 3 is 2.39 bits per heavy atom. The smallest absolute Gasteiger partial charge is 0.325 e. The van der Waals surface area contributed by atoms with Crippen molar-refractivity contribution in [2.75, 3.05) is 67.5 Å². The Morgan fingerprint density at radius 2 is 1.68 bits per heavy atom. The minimum absolute atomic E-state index is 0.197. The summed E-state index contributed by atoms with van der Waals surface area (Å²) in [7, 11) is 0. The Labute approximate surface area is 185 Å². The van der Waals surface area contributed by atoms with E-state index in [1.54, 1.807) is 0 Å². The van der Waals surface area contributed by atoms with Crippen LogP contribution in [0.15, 0.2) is 48.5 Å². The molecule has 2 N–H and O–H groups in total. The first-order chi connectivity index (χ1) is 15.2. The van der Waals surface area contributed by atoms with Gasteiger partial charge in [0.15, 0.2) is 0 Å². The summed E-state index contributed by atoms with van der Waals surface area (Å²) in [4.78, 5) is 16.5. The molecule has 0 spiro atoms. The molecule has 0 unspecified atom stereocenters. The zero-order valence-electron chi connectivity index (χ0n) is 18.5. The first-order valence-corrected chi connectivity index (χ1v) is 11.5. The van der Waals surface area contributed by atoms with Crippen molar-refractivity contribution in [2.45, 2.75) is 25.7 Å². The molecule has 0 saturated carbocycles. The average molecular weight is 423 g/mol. The molecule has 2 heterocycles. The number of nitrogens with one attached hydrogen (secondary N) is 2. The minimum atomic E-state index is -0.229. The van der Waals surface area contributed by atoms with Crippen molar-refractivity contribution in [1.29, 1.82) is 0 Å². The number of para-hydroxylation sites is 1. The van der Waals surface area contributed by atoms with Crippen molar-refractivity contribution in [3.63, 3.8) is 0 Å². The van der Waals surface area contributed by atoms with E-state index in [9.17, 15) is 4.79 Å². The number of carbonyl (C=O) groups is 1. The van der Waals surface area contributed by atoms with Gasteiger partial charge < -0.3 is 25.2 Å². The van der Waals surface area contributed by atoms with Gasteiger partial charge in [-0.3, -0.25) is 4.79 Å². The lowest BCUT2D eigenvalue weighted by atomic mass is 9.88. The molecule has 2 aromatic carbocycles. The molecular formula is C25H34N4O2. The zero-order chi connectivity index (χ0) is 21.5. The molecule has 2 aliphatic rings. The van der Waals surface area contributed by atoms with Crippen LogP contribution >= 0.6 is 0 Å². The topological polar surface area (TPSA) is 56.8 Å². The van der Waals surface area contributed by atoms with Gasteiger partial charge >= 0.3 is 5.97 Å². The van der Waals surface area contributed by atoms with Crippen LogP contribution in [0.1, 0.15) is 31.2 Å². The molecule has 2 aromatic rings. The summed E-state index contributed by atoms with van der Waals surface area (Å²) >= 11 is 0. The Kier molecular flexibility index (Phi) is 7.30. The van der Waals surface area contributed by atoms with E-state index in [2.05, 4.69) is 56.8 Å². The molecule has 2 aliphatic heterocycles. The second kappa shape index (κ2) is 10.5. The summed E-state index contributed by atoms with van der Waals surface area (Å²) < 4.78 is 4.96. The summed E-state index contributed by atoms with van der Waals surface area (Å²) in [5.74, 6) is 0.442. The fourth-order valence-electron chi connectivity index (χ4n) is 4.64. The van der Waals surface area contributed by atoms with Crippen LogP contribution in [0, 0.1) is 0 Å². The summed E-state index contributed by atoms with van der Waals surface area (Å²) in [6.45, 7) is 8.76. The fourth-order valence-corrected chi connectivity index (χ4v) is 4.64. The lowest BCUT2D eigenvalue weighted by Gasteiger charge is -2.39. The van der Waals surface area contributed by atoms with Gasteiger partial charge in [-0.05, 0) is 74.7 Å². The highest BCUT2D eigenvalue weighted by atomic mass is 16.5. The van der Waals surface area contributed by atoms with Gasteiger partial charge in [0.05, 0.1) is 6.61 Å². The van der Waals surface area contributed by atoms with Gasteiger partial charge in [-0.2, -0.15) is 0 Å². The fraction of sp³-hybridized carbons (Fsp3) is 0.480. The van der Waals surface area contributed by atoms with E-state index in [0.29, 0.717) is 12.5 Å². The van der Waals surface area contributed by atoms with Gasteiger partial charge in [-0.25, -0.2) is 0 Å². The van der Waals surface area contributed by atoms with Gasteiger partial charge in [0.1, 0.15) is 6.54 Å². The summed E-state index contributed by atoms with van der Waals surface area (Å²) in [6.07, 6.45) is 2.46. The van der Waals surface area contributed by atoms with E-state index in [1.807, 2.05) is 19.1 Å². The van der Waals surface area contributed by atoms with Crippen LogP contribution in [-0.4, -0.2) is 58.4 Å². The highest BCUT2D eigenvalue weighted by molar-refractivity contribution is 5.75. The summed E-state index contributed by atoms with van der Waals surface area (Å²) in [5.41, 5.74) is 5.11. The highest BCUT2D eigenvalue weighted by Crippen LogP contribution is 2.34. The number of esters is 1. The molecule has 6 heteroatoms. The van der Waals surface area contributed by atoms with E-state index >= 15 is 0 Å². The lowest BCUT2D eigenvalue weighted by Crippen LogP contribution is -2.47. The minimum Gasteiger partial charge on any atom is -0.465 e. The number of ether oxygens (including phenoxy) is 1. The molecule has 2 saturated heterocycles. The Balaban J connectivity index is 1.33. The SMILES string of the molecule is CCOC(=O)CNc1ccc(N2CCN(c3ccccc3C3CCNCC3)CC2)cc1. The van der Waals surface area contributed by atoms with Crippen molar-refractivity contribution in [2.24, 2.45) is 0 Å². The quantitative estimate of drug-likeness (QED) is 0.667. The molecule has 6 nitrogen and oxygen atoms in total. The molecule has 166 valence electrons. The predicted molar refractivity (Wildman–Crippen MR) is 127 cm³/mol. The maximum absolute atomic E-state index is 11.5. The Morgan fingerprint density at radius 1 is 1.00 bits per heavy atom. The number of carbonyl (C=O) groups excluding carboxylic acids is 1. The van der Waals surface area contributed by atoms with E-state index in [1.165, 1.54) is 29.8 Å². The molecule has 2 fully saturated rings. The molecule has 0 aliphatic carbocycles. The average Bonchev–Trinajstić information content (AvgIpc) is 2.84. The number of anilines is 3. The number of piperidine rings is 1. The van der Waals surface area contributed by atoms with Crippen LogP contribution in [0.3, 0.4) is 0 Å². The van der Waals surface area contributed by atoms with Crippen molar-refractivity contribution < 1.29 is 9.53 Å². The largest absolute Gasteiger partial charge is 0.465 e. The van der Waals surface area contributed by atoms with E-state index in [-0.39, 0.29) is 12.5 Å². The van der Waals surface area contributed by atoms with Crippen LogP contribution in [-0.2, 0) is 9.53 Å². The summed E-state index contributed by atoms with van der Waals surface area (Å²) in [6, 6.07) is 17.3. The standard InChI is InChI=1S/C25H34N4O2/c1-2-31-25(30)19-27-21-7-9-22(10-8-21)28-15-17-29(18-16-28)24-6-4-3-5-23(24)20-11-13-26-14-12-20/h3-10,20,26-27H,2,11-19H2,1H3. The zero-order valence-corrected chi connectivity index (χ0v) is 18.5. The van der Waals surface area contributed by atoms with Crippen molar-refractivity contribution in [3.05, 3.63) is 54.1 Å². The monoisotopic (exact) mass is 422 g/mol. The van der Waals surface area contributed by atoms with Crippen LogP contribution in [0.5, 0.6) is 0 Å². The van der Waals surface area contributed by atoms with Crippen LogP contribution in [0.4, 0.5) is 17.1 Å². The van der Waals surface area contributed by atoms with Crippen LogP contribution < -0.4 is 20.4 Å². The highest BCUT2D eigenvalue weighted by Gasteiger charge is 2.23. The van der Waals surface area contributed by atoms with Gasteiger partial charge in [0.25, 0.3) is 0 Å². The third-order valence-corrected chi connectivity index (χ3v) is 6.31. The van der Waals surface area contributed by atoms with Crippen molar-refractivity contribution >= 4 is 23.0 Å². The summed E-state index contributed by atoms with van der Waals surface area (Å²) in [5, 5.41) is 6.60. The molecular weight excluding hydrogens is 388 g/mol. The van der Waals surface area contributed by atoms with E-state index in [4.69, 9.17) is 4.74 Å². The third kappa shape index (κ3) is 5.50. The third-order valence-electron chi connectivity index (χ3n) is 6.31.